The minimum absolute atomic E-state index is 0.0770. The molecule has 0 atom stereocenters. The molecule has 0 spiro atoms. The van der Waals surface area contributed by atoms with E-state index in [1.807, 2.05) is 13.8 Å². The van der Waals surface area contributed by atoms with Crippen LogP contribution in [0.3, 0.4) is 0 Å². The number of benzene rings is 2. The maximum absolute atomic E-state index is 13.7. The van der Waals surface area contributed by atoms with Gasteiger partial charge in [0.2, 0.25) is 5.82 Å². The number of hydrogen-bond acceptors (Lipinski definition) is 2. The van der Waals surface area contributed by atoms with Crippen LogP contribution in [0.15, 0.2) is 12.1 Å². The van der Waals surface area contributed by atoms with Crippen LogP contribution in [0.25, 0.3) is 12.2 Å². The summed E-state index contributed by atoms with van der Waals surface area (Å²) >= 11 is 0. The summed E-state index contributed by atoms with van der Waals surface area (Å²) in [5.74, 6) is -8.92. The van der Waals surface area contributed by atoms with Crippen LogP contribution in [0, 0.1) is 29.1 Å². The first kappa shape index (κ1) is 19.8. The molecule has 0 heterocycles. The first-order valence-corrected chi connectivity index (χ1v) is 7.68. The van der Waals surface area contributed by atoms with Crippen molar-refractivity contribution in [3.05, 3.63) is 57.9 Å². The van der Waals surface area contributed by atoms with E-state index in [1.54, 1.807) is 12.1 Å². The largest absolute Gasteiger partial charge is 0.496 e. The molecule has 0 aliphatic rings. The van der Waals surface area contributed by atoms with Gasteiger partial charge in [-0.3, -0.25) is 0 Å². The van der Waals surface area contributed by atoms with E-state index in [4.69, 9.17) is 9.47 Å². The van der Waals surface area contributed by atoms with E-state index in [2.05, 4.69) is 0 Å². The third-order valence-corrected chi connectivity index (χ3v) is 3.83. The molecule has 140 valence electrons. The Morgan fingerprint density at radius 2 is 1.15 bits per heavy atom. The van der Waals surface area contributed by atoms with Gasteiger partial charge in [-0.1, -0.05) is 19.9 Å². The van der Waals surface area contributed by atoms with Crippen molar-refractivity contribution in [2.24, 2.45) is 0 Å². The molecule has 0 bridgehead atoms. The van der Waals surface area contributed by atoms with E-state index in [0.717, 1.165) is 11.6 Å². The van der Waals surface area contributed by atoms with Crippen LogP contribution in [0.1, 0.15) is 36.5 Å². The summed E-state index contributed by atoms with van der Waals surface area (Å²) in [5, 5.41) is 0. The van der Waals surface area contributed by atoms with Gasteiger partial charge < -0.3 is 9.47 Å². The second kappa shape index (κ2) is 7.76. The molecule has 0 saturated carbocycles. The Kier molecular flexibility index (Phi) is 5.90. The first-order valence-electron chi connectivity index (χ1n) is 7.68. The van der Waals surface area contributed by atoms with Crippen LogP contribution in [-0.2, 0) is 0 Å². The fourth-order valence-electron chi connectivity index (χ4n) is 2.57. The predicted octanol–water partition coefficient (Wildman–Crippen LogP) is 5.69. The third-order valence-electron chi connectivity index (χ3n) is 3.83. The lowest BCUT2D eigenvalue weighted by atomic mass is 9.98. The molecule has 0 fully saturated rings. The standard InChI is InChI=1S/C19H17F5O2/c1-9(2)14-12(25-3)7-10(8-13(14)26-4)5-6-11-15(20)17(22)19(24)18(23)16(11)21/h5-9H,1-4H3/b6-5+. The second-order valence-electron chi connectivity index (χ2n) is 5.81. The number of ether oxygens (including phenoxy) is 2. The van der Waals surface area contributed by atoms with E-state index < -0.39 is 34.6 Å². The van der Waals surface area contributed by atoms with Crippen molar-refractivity contribution in [3.8, 4) is 11.5 Å². The summed E-state index contributed by atoms with van der Waals surface area (Å²) in [6.45, 7) is 3.87. The van der Waals surface area contributed by atoms with Gasteiger partial charge in [0.25, 0.3) is 0 Å². The van der Waals surface area contributed by atoms with Gasteiger partial charge >= 0.3 is 0 Å². The van der Waals surface area contributed by atoms with Gasteiger partial charge in [0.1, 0.15) is 11.5 Å². The van der Waals surface area contributed by atoms with Crippen molar-refractivity contribution < 1.29 is 31.4 Å². The van der Waals surface area contributed by atoms with E-state index in [0.29, 0.717) is 17.1 Å². The molecule has 0 saturated heterocycles. The Morgan fingerprint density at radius 1 is 0.731 bits per heavy atom. The van der Waals surface area contributed by atoms with E-state index >= 15 is 0 Å². The smallest absolute Gasteiger partial charge is 0.200 e. The van der Waals surface area contributed by atoms with Crippen molar-refractivity contribution in [2.75, 3.05) is 14.2 Å². The summed E-state index contributed by atoms with van der Waals surface area (Å²) in [6, 6.07) is 3.17. The zero-order chi connectivity index (χ0) is 19.6. The van der Waals surface area contributed by atoms with E-state index in [1.165, 1.54) is 20.3 Å². The lowest BCUT2D eigenvalue weighted by molar-refractivity contribution is 0.377. The van der Waals surface area contributed by atoms with Gasteiger partial charge in [0.15, 0.2) is 23.3 Å². The van der Waals surface area contributed by atoms with Crippen LogP contribution in [0.5, 0.6) is 11.5 Å². The Bertz CT molecular complexity index is 805. The van der Waals surface area contributed by atoms with Crippen LogP contribution in [0.2, 0.25) is 0 Å². The summed E-state index contributed by atoms with van der Waals surface area (Å²) in [5.41, 5.74) is 0.183. The van der Waals surface area contributed by atoms with Crippen LogP contribution >= 0.6 is 0 Å². The van der Waals surface area contributed by atoms with Crippen molar-refractivity contribution in [2.45, 2.75) is 19.8 Å². The summed E-state index contributed by atoms with van der Waals surface area (Å²) in [7, 11) is 2.91. The second-order valence-corrected chi connectivity index (χ2v) is 5.81. The SMILES string of the molecule is COc1cc(/C=C/c2c(F)c(F)c(F)c(F)c2F)cc(OC)c1C(C)C. The topological polar surface area (TPSA) is 18.5 Å². The highest BCUT2D eigenvalue weighted by molar-refractivity contribution is 5.72. The summed E-state index contributed by atoms with van der Waals surface area (Å²) in [4.78, 5) is 0. The molecule has 0 aliphatic heterocycles. The number of halogens is 5. The highest BCUT2D eigenvalue weighted by atomic mass is 19.2. The molecule has 0 aliphatic carbocycles. The molecule has 2 aromatic rings. The van der Waals surface area contributed by atoms with Gasteiger partial charge in [0.05, 0.1) is 19.8 Å². The first-order chi connectivity index (χ1) is 12.2. The molecule has 0 aromatic heterocycles. The number of rotatable bonds is 5. The normalized spacial score (nSPS) is 11.5. The summed E-state index contributed by atoms with van der Waals surface area (Å²) < 4.78 is 77.8. The maximum Gasteiger partial charge on any atom is 0.200 e. The maximum atomic E-state index is 13.7. The highest BCUT2D eigenvalue weighted by Crippen LogP contribution is 2.37. The molecular formula is C19H17F5O2. The summed E-state index contributed by atoms with van der Waals surface area (Å²) in [6.07, 6.45) is 2.03. The molecule has 2 rings (SSSR count). The van der Waals surface area contributed by atoms with Crippen molar-refractivity contribution >= 4 is 12.2 Å². The molecule has 0 radical (unpaired) electrons. The molecule has 0 unspecified atom stereocenters. The van der Waals surface area contributed by atoms with Crippen LogP contribution in [0.4, 0.5) is 22.0 Å². The van der Waals surface area contributed by atoms with Gasteiger partial charge in [-0.25, -0.2) is 22.0 Å². The zero-order valence-electron chi connectivity index (χ0n) is 14.6. The highest BCUT2D eigenvalue weighted by Gasteiger charge is 2.24. The molecule has 0 N–H and O–H groups in total. The van der Waals surface area contributed by atoms with Gasteiger partial charge in [-0.15, -0.1) is 0 Å². The fourth-order valence-corrected chi connectivity index (χ4v) is 2.57. The van der Waals surface area contributed by atoms with Crippen LogP contribution in [-0.4, -0.2) is 14.2 Å². The Labute approximate surface area is 147 Å². The van der Waals surface area contributed by atoms with Crippen molar-refractivity contribution in [3.63, 3.8) is 0 Å². The average Bonchev–Trinajstić information content (AvgIpc) is 2.63. The zero-order valence-corrected chi connectivity index (χ0v) is 14.6. The monoisotopic (exact) mass is 372 g/mol. The number of methoxy groups -OCH3 is 2. The van der Waals surface area contributed by atoms with Crippen molar-refractivity contribution in [1.82, 2.24) is 0 Å². The van der Waals surface area contributed by atoms with E-state index in [-0.39, 0.29) is 5.92 Å². The number of hydrogen-bond donors (Lipinski definition) is 0. The van der Waals surface area contributed by atoms with Gasteiger partial charge in [0, 0.05) is 5.56 Å². The van der Waals surface area contributed by atoms with Gasteiger partial charge in [-0.05, 0) is 29.7 Å². The average molecular weight is 372 g/mol. The minimum Gasteiger partial charge on any atom is -0.496 e. The van der Waals surface area contributed by atoms with Gasteiger partial charge in [-0.2, -0.15) is 0 Å². The third kappa shape index (κ3) is 3.52. The minimum atomic E-state index is -2.19. The molecule has 0 amide bonds. The van der Waals surface area contributed by atoms with E-state index in [9.17, 15) is 22.0 Å². The molecule has 2 aromatic carbocycles. The Morgan fingerprint density at radius 3 is 1.54 bits per heavy atom. The predicted molar refractivity (Wildman–Crippen MR) is 88.8 cm³/mol. The molecule has 7 heteroatoms. The van der Waals surface area contributed by atoms with Crippen LogP contribution < -0.4 is 9.47 Å². The Balaban J connectivity index is 2.56. The molecule has 26 heavy (non-hydrogen) atoms. The molecular weight excluding hydrogens is 355 g/mol. The lowest BCUT2D eigenvalue weighted by Gasteiger charge is -2.17. The Hall–Kier alpha value is -2.57. The quantitative estimate of drug-likeness (QED) is 0.290. The molecule has 2 nitrogen and oxygen atoms in total. The van der Waals surface area contributed by atoms with Crippen molar-refractivity contribution in [1.29, 1.82) is 0 Å². The lowest BCUT2D eigenvalue weighted by Crippen LogP contribution is -2.03. The fraction of sp³-hybridized carbons (Fsp3) is 0.263.